The minimum atomic E-state index is -0.534. The van der Waals surface area contributed by atoms with Crippen LogP contribution >= 0.6 is 0 Å². The van der Waals surface area contributed by atoms with Crippen molar-refractivity contribution >= 4 is 5.91 Å². The molecule has 2 heterocycles. The lowest BCUT2D eigenvalue weighted by molar-refractivity contribution is -0.124. The van der Waals surface area contributed by atoms with Gasteiger partial charge >= 0.3 is 0 Å². The highest BCUT2D eigenvalue weighted by molar-refractivity contribution is 5.83. The Bertz CT molecular complexity index is 774. The van der Waals surface area contributed by atoms with Crippen LogP contribution in [0.3, 0.4) is 0 Å². The van der Waals surface area contributed by atoms with Gasteiger partial charge in [-0.3, -0.25) is 14.4 Å². The molecule has 0 aliphatic carbocycles. The quantitative estimate of drug-likeness (QED) is 0.805. The van der Waals surface area contributed by atoms with Gasteiger partial charge in [-0.15, -0.1) is 0 Å². The van der Waals surface area contributed by atoms with Gasteiger partial charge in [0.1, 0.15) is 17.7 Å². The number of halogens is 2. The lowest BCUT2D eigenvalue weighted by atomic mass is 10.0. The van der Waals surface area contributed by atoms with Gasteiger partial charge in [0, 0.05) is 43.5 Å². The molecule has 0 saturated carbocycles. The van der Waals surface area contributed by atoms with E-state index >= 15 is 0 Å². The minimum absolute atomic E-state index is 0.0615. The van der Waals surface area contributed by atoms with Gasteiger partial charge in [-0.05, 0) is 38.6 Å². The van der Waals surface area contributed by atoms with Crippen molar-refractivity contribution in [2.45, 2.75) is 31.5 Å². The van der Waals surface area contributed by atoms with Crippen LogP contribution in [0.25, 0.3) is 0 Å². The fourth-order valence-electron chi connectivity index (χ4n) is 3.55. The van der Waals surface area contributed by atoms with Crippen LogP contribution in [0.2, 0.25) is 0 Å². The average Bonchev–Trinajstić information content (AvgIpc) is 3.05. The van der Waals surface area contributed by atoms with E-state index in [9.17, 15) is 13.6 Å². The predicted molar refractivity (Wildman–Crippen MR) is 97.8 cm³/mol. The Morgan fingerprint density at radius 1 is 1.37 bits per heavy atom. The molecule has 6 nitrogen and oxygen atoms in total. The zero-order chi connectivity index (χ0) is 19.4. The first kappa shape index (κ1) is 19.4. The fourth-order valence-corrected chi connectivity index (χ4v) is 3.55. The largest absolute Gasteiger partial charge is 0.350 e. The molecular weight excluding hydrogens is 352 g/mol. The molecule has 3 rings (SSSR count). The van der Waals surface area contributed by atoms with Crippen LogP contribution in [0, 0.1) is 11.6 Å². The Kier molecular flexibility index (Phi) is 6.18. The molecule has 27 heavy (non-hydrogen) atoms. The van der Waals surface area contributed by atoms with E-state index in [-0.39, 0.29) is 24.1 Å². The van der Waals surface area contributed by atoms with Crippen molar-refractivity contribution in [3.8, 4) is 0 Å². The lowest BCUT2D eigenvalue weighted by Gasteiger charge is -2.34. The molecule has 2 unspecified atom stereocenters. The molecule has 1 aliphatic rings. The zero-order valence-corrected chi connectivity index (χ0v) is 15.6. The summed E-state index contributed by atoms with van der Waals surface area (Å²) in [4.78, 5) is 14.7. The summed E-state index contributed by atoms with van der Waals surface area (Å²) in [6, 6.07) is 3.36. The average molecular weight is 377 g/mol. The summed E-state index contributed by atoms with van der Waals surface area (Å²) in [6.07, 6.45) is 5.16. The van der Waals surface area contributed by atoms with Gasteiger partial charge in [-0.25, -0.2) is 8.78 Å². The van der Waals surface area contributed by atoms with Crippen LogP contribution in [-0.2, 0) is 18.4 Å². The number of rotatable bonds is 6. The second-order valence-corrected chi connectivity index (χ2v) is 6.95. The highest BCUT2D eigenvalue weighted by Gasteiger charge is 2.27. The molecule has 1 amide bonds. The number of likely N-dealkylation sites (N-methyl/N-ethyl adjacent to an activating group) is 1. The molecule has 1 aliphatic heterocycles. The zero-order valence-electron chi connectivity index (χ0n) is 15.6. The summed E-state index contributed by atoms with van der Waals surface area (Å²) in [5, 5.41) is 10.2. The summed E-state index contributed by atoms with van der Waals surface area (Å²) in [5.74, 6) is -1.20. The first-order chi connectivity index (χ1) is 13.0. The van der Waals surface area contributed by atoms with Gasteiger partial charge in [-0.2, -0.15) is 5.10 Å². The van der Waals surface area contributed by atoms with Crippen molar-refractivity contribution in [2.75, 3.05) is 20.1 Å². The summed E-state index contributed by atoms with van der Waals surface area (Å²) < 4.78 is 29.5. The molecule has 1 fully saturated rings. The molecule has 2 N–H and O–H groups in total. The van der Waals surface area contributed by atoms with Crippen LogP contribution in [0.4, 0.5) is 8.78 Å². The third-order valence-electron chi connectivity index (χ3n) is 4.90. The topological polar surface area (TPSA) is 62.2 Å². The van der Waals surface area contributed by atoms with Gasteiger partial charge in [0.25, 0.3) is 0 Å². The molecular formula is C19H25F2N5O. The molecule has 1 aromatic carbocycles. The number of aryl methyl sites for hydroxylation is 1. The Morgan fingerprint density at radius 3 is 2.74 bits per heavy atom. The van der Waals surface area contributed by atoms with Crippen LogP contribution in [0.1, 0.15) is 30.0 Å². The van der Waals surface area contributed by atoms with Gasteiger partial charge in [-0.1, -0.05) is 6.07 Å². The van der Waals surface area contributed by atoms with Gasteiger partial charge in [0.05, 0.1) is 6.20 Å². The number of benzene rings is 1. The van der Waals surface area contributed by atoms with E-state index in [1.54, 1.807) is 31.2 Å². The van der Waals surface area contributed by atoms with Crippen molar-refractivity contribution in [1.29, 1.82) is 0 Å². The molecule has 1 aromatic heterocycles. The maximum Gasteiger partial charge on any atom is 0.242 e. The molecule has 2 aromatic rings. The standard InChI is InChI=1S/C19H25F2N5O/c1-22-18(13-9-23-25(2)10-13)19(27)24-14-5-4-8-26(11-14)12-15-16(20)6-3-7-17(15)21/h3,6-7,9-10,14,18,22H,4-5,8,11-12H2,1-2H3,(H,24,27). The number of nitrogens with zero attached hydrogens (tertiary/aromatic N) is 3. The number of hydrogen-bond donors (Lipinski definition) is 2. The van der Waals surface area contributed by atoms with Crippen molar-refractivity contribution in [2.24, 2.45) is 7.05 Å². The maximum atomic E-state index is 13.9. The number of amides is 1. The SMILES string of the molecule is CNC(C(=O)NC1CCCN(Cc2c(F)cccc2F)C1)c1cnn(C)c1. The van der Waals surface area contributed by atoms with Crippen molar-refractivity contribution in [3.05, 3.63) is 53.4 Å². The third kappa shape index (κ3) is 4.70. The van der Waals surface area contributed by atoms with E-state index < -0.39 is 17.7 Å². The van der Waals surface area contributed by atoms with E-state index in [0.29, 0.717) is 6.54 Å². The number of carbonyl (C=O) groups excluding carboxylic acids is 1. The third-order valence-corrected chi connectivity index (χ3v) is 4.90. The number of nitrogens with one attached hydrogen (secondary N) is 2. The number of likely N-dealkylation sites (tertiary alicyclic amines) is 1. The second-order valence-electron chi connectivity index (χ2n) is 6.95. The molecule has 0 spiro atoms. The predicted octanol–water partition coefficient (Wildman–Crippen LogP) is 1.74. The number of carbonyl (C=O) groups is 1. The van der Waals surface area contributed by atoms with Gasteiger partial charge < -0.3 is 10.6 Å². The first-order valence-corrected chi connectivity index (χ1v) is 9.09. The van der Waals surface area contributed by atoms with Crippen molar-refractivity contribution < 1.29 is 13.6 Å². The Morgan fingerprint density at radius 2 is 2.11 bits per heavy atom. The first-order valence-electron chi connectivity index (χ1n) is 9.09. The van der Waals surface area contributed by atoms with Crippen LogP contribution in [-0.4, -0.2) is 46.8 Å². The second kappa shape index (κ2) is 8.58. The van der Waals surface area contributed by atoms with Gasteiger partial charge in [0.15, 0.2) is 0 Å². The summed E-state index contributed by atoms with van der Waals surface area (Å²) >= 11 is 0. The Hall–Kier alpha value is -2.32. The van der Waals surface area contributed by atoms with E-state index in [1.165, 1.54) is 18.2 Å². The molecule has 0 bridgehead atoms. The maximum absolute atomic E-state index is 13.9. The van der Waals surface area contributed by atoms with E-state index in [2.05, 4.69) is 15.7 Å². The molecule has 1 saturated heterocycles. The van der Waals surface area contributed by atoms with Crippen LogP contribution in [0.5, 0.6) is 0 Å². The van der Waals surface area contributed by atoms with Crippen molar-refractivity contribution in [1.82, 2.24) is 25.3 Å². The van der Waals surface area contributed by atoms with Crippen LogP contribution < -0.4 is 10.6 Å². The highest BCUT2D eigenvalue weighted by Crippen LogP contribution is 2.19. The highest BCUT2D eigenvalue weighted by atomic mass is 19.1. The lowest BCUT2D eigenvalue weighted by Crippen LogP contribution is -2.49. The summed E-state index contributed by atoms with van der Waals surface area (Å²) in [7, 11) is 3.53. The minimum Gasteiger partial charge on any atom is -0.350 e. The number of piperidine rings is 1. The van der Waals surface area contributed by atoms with Crippen LogP contribution in [0.15, 0.2) is 30.6 Å². The normalized spacial score (nSPS) is 19.0. The number of aromatic nitrogens is 2. The molecule has 2 atom stereocenters. The van der Waals surface area contributed by atoms with E-state index in [1.807, 2.05) is 4.90 Å². The molecule has 146 valence electrons. The van der Waals surface area contributed by atoms with Gasteiger partial charge in [0.2, 0.25) is 5.91 Å². The molecule has 8 heteroatoms. The fraction of sp³-hybridized carbons (Fsp3) is 0.474. The summed E-state index contributed by atoms with van der Waals surface area (Å²) in [6.45, 7) is 1.50. The monoisotopic (exact) mass is 377 g/mol. The van der Waals surface area contributed by atoms with Crippen molar-refractivity contribution in [3.63, 3.8) is 0 Å². The Labute approximate surface area is 157 Å². The van der Waals surface area contributed by atoms with E-state index in [0.717, 1.165) is 24.9 Å². The van der Waals surface area contributed by atoms with E-state index in [4.69, 9.17) is 0 Å². The summed E-state index contributed by atoms with van der Waals surface area (Å²) in [5.41, 5.74) is 0.867. The Balaban J connectivity index is 1.61. The molecule has 0 radical (unpaired) electrons. The smallest absolute Gasteiger partial charge is 0.242 e. The number of hydrogen-bond acceptors (Lipinski definition) is 4.